The van der Waals surface area contributed by atoms with Crippen molar-refractivity contribution in [2.75, 3.05) is 32.2 Å². The van der Waals surface area contributed by atoms with Crippen LogP contribution in [0.25, 0.3) is 0 Å². The Morgan fingerprint density at radius 1 is 1.25 bits per heavy atom. The highest BCUT2D eigenvalue weighted by atomic mass is 16.5. The molecule has 0 bridgehead atoms. The maximum Gasteiger partial charge on any atom is 0.226 e. The van der Waals surface area contributed by atoms with Crippen LogP contribution in [0.15, 0.2) is 6.07 Å². The number of aromatic nitrogens is 2. The molecule has 0 radical (unpaired) electrons. The standard InChI is InChI=1S/C15H27N3O2/c1-6-8-20-13-10-12(2)17-14(18-13)16-11-15(3,4)7-9-19-5/h10H,6-9,11H2,1-5H3,(H,16,17,18). The molecule has 1 aromatic rings. The van der Waals surface area contributed by atoms with Gasteiger partial charge in [-0.25, -0.2) is 4.98 Å². The molecule has 5 nitrogen and oxygen atoms in total. The molecule has 0 aliphatic carbocycles. The number of nitrogens with zero attached hydrogens (tertiary/aromatic N) is 2. The molecule has 0 unspecified atom stereocenters. The third-order valence-electron chi connectivity index (χ3n) is 2.99. The molecule has 114 valence electrons. The first-order valence-electron chi connectivity index (χ1n) is 7.18. The molecular formula is C15H27N3O2. The van der Waals surface area contributed by atoms with Crippen LogP contribution in [0, 0.1) is 12.3 Å². The zero-order valence-electron chi connectivity index (χ0n) is 13.3. The fourth-order valence-corrected chi connectivity index (χ4v) is 1.68. The summed E-state index contributed by atoms with van der Waals surface area (Å²) >= 11 is 0. The van der Waals surface area contributed by atoms with Crippen LogP contribution in [0.5, 0.6) is 5.88 Å². The van der Waals surface area contributed by atoms with Gasteiger partial charge in [0, 0.05) is 32.0 Å². The first-order chi connectivity index (χ1) is 9.46. The molecule has 5 heteroatoms. The number of methoxy groups -OCH3 is 1. The number of hydrogen-bond acceptors (Lipinski definition) is 5. The second-order valence-electron chi connectivity index (χ2n) is 5.78. The Morgan fingerprint density at radius 3 is 2.65 bits per heavy atom. The van der Waals surface area contributed by atoms with Crippen molar-refractivity contribution in [3.05, 3.63) is 11.8 Å². The van der Waals surface area contributed by atoms with Gasteiger partial charge in [-0.15, -0.1) is 0 Å². The van der Waals surface area contributed by atoms with Crippen molar-refractivity contribution in [2.24, 2.45) is 5.41 Å². The van der Waals surface area contributed by atoms with Gasteiger partial charge in [-0.2, -0.15) is 4.98 Å². The Hall–Kier alpha value is -1.36. The number of aryl methyl sites for hydroxylation is 1. The lowest BCUT2D eigenvalue weighted by Crippen LogP contribution is -2.25. The summed E-state index contributed by atoms with van der Waals surface area (Å²) < 4.78 is 10.7. The van der Waals surface area contributed by atoms with Crippen LogP contribution >= 0.6 is 0 Å². The SMILES string of the molecule is CCCOc1cc(C)nc(NCC(C)(C)CCOC)n1. The Balaban J connectivity index is 2.60. The Morgan fingerprint density at radius 2 is 2.00 bits per heavy atom. The summed E-state index contributed by atoms with van der Waals surface area (Å²) in [5.74, 6) is 1.26. The third-order valence-corrected chi connectivity index (χ3v) is 2.99. The van der Waals surface area contributed by atoms with E-state index in [1.807, 2.05) is 13.0 Å². The molecule has 0 fully saturated rings. The van der Waals surface area contributed by atoms with Gasteiger partial charge in [0.05, 0.1) is 6.61 Å². The summed E-state index contributed by atoms with van der Waals surface area (Å²) in [6.45, 7) is 10.6. The quantitative estimate of drug-likeness (QED) is 0.754. The van der Waals surface area contributed by atoms with Crippen LogP contribution in [-0.2, 0) is 4.74 Å². The lowest BCUT2D eigenvalue weighted by molar-refractivity contribution is 0.157. The van der Waals surface area contributed by atoms with E-state index >= 15 is 0 Å². The molecule has 0 amide bonds. The molecule has 20 heavy (non-hydrogen) atoms. The van der Waals surface area contributed by atoms with Crippen molar-refractivity contribution in [1.29, 1.82) is 0 Å². The van der Waals surface area contributed by atoms with E-state index in [1.165, 1.54) is 0 Å². The minimum atomic E-state index is 0.132. The van der Waals surface area contributed by atoms with E-state index in [9.17, 15) is 0 Å². The van der Waals surface area contributed by atoms with Crippen molar-refractivity contribution >= 4 is 5.95 Å². The molecule has 0 saturated carbocycles. The summed E-state index contributed by atoms with van der Waals surface area (Å²) in [6, 6.07) is 1.86. The highest BCUT2D eigenvalue weighted by Gasteiger charge is 2.18. The average Bonchev–Trinajstić information content (AvgIpc) is 2.40. The van der Waals surface area contributed by atoms with Crippen LogP contribution in [0.4, 0.5) is 5.95 Å². The maximum absolute atomic E-state index is 5.56. The van der Waals surface area contributed by atoms with Crippen LogP contribution in [0.2, 0.25) is 0 Å². The second kappa shape index (κ2) is 8.04. The number of rotatable bonds is 9. The van der Waals surface area contributed by atoms with E-state index in [2.05, 4.69) is 36.1 Å². The van der Waals surface area contributed by atoms with E-state index in [1.54, 1.807) is 7.11 Å². The Bertz CT molecular complexity index is 408. The van der Waals surface area contributed by atoms with Crippen molar-refractivity contribution < 1.29 is 9.47 Å². The lowest BCUT2D eigenvalue weighted by atomic mass is 9.90. The summed E-state index contributed by atoms with van der Waals surface area (Å²) in [5, 5.41) is 3.29. The molecule has 1 heterocycles. The molecule has 0 aromatic carbocycles. The summed E-state index contributed by atoms with van der Waals surface area (Å²) in [5.41, 5.74) is 1.04. The fourth-order valence-electron chi connectivity index (χ4n) is 1.68. The molecule has 1 aromatic heterocycles. The predicted octanol–water partition coefficient (Wildman–Crippen LogP) is 3.05. The zero-order valence-corrected chi connectivity index (χ0v) is 13.3. The topological polar surface area (TPSA) is 56.3 Å². The highest BCUT2D eigenvalue weighted by Crippen LogP contribution is 2.21. The number of hydrogen-bond donors (Lipinski definition) is 1. The Labute approximate surface area is 122 Å². The lowest BCUT2D eigenvalue weighted by Gasteiger charge is -2.24. The zero-order chi connectivity index (χ0) is 15.0. The fraction of sp³-hybridized carbons (Fsp3) is 0.733. The predicted molar refractivity (Wildman–Crippen MR) is 81.3 cm³/mol. The number of nitrogens with one attached hydrogen (secondary N) is 1. The van der Waals surface area contributed by atoms with Crippen LogP contribution in [0.3, 0.4) is 0 Å². The van der Waals surface area contributed by atoms with Crippen LogP contribution in [0.1, 0.15) is 39.3 Å². The monoisotopic (exact) mass is 281 g/mol. The van der Waals surface area contributed by atoms with Gasteiger partial charge < -0.3 is 14.8 Å². The van der Waals surface area contributed by atoms with Crippen molar-refractivity contribution in [3.63, 3.8) is 0 Å². The van der Waals surface area contributed by atoms with Crippen molar-refractivity contribution in [2.45, 2.75) is 40.5 Å². The molecule has 0 spiro atoms. The molecule has 1 rings (SSSR count). The minimum Gasteiger partial charge on any atom is -0.478 e. The highest BCUT2D eigenvalue weighted by molar-refractivity contribution is 5.30. The largest absolute Gasteiger partial charge is 0.478 e. The molecule has 0 saturated heterocycles. The van der Waals surface area contributed by atoms with Gasteiger partial charge in [-0.3, -0.25) is 0 Å². The van der Waals surface area contributed by atoms with Crippen molar-refractivity contribution in [1.82, 2.24) is 9.97 Å². The summed E-state index contributed by atoms with van der Waals surface area (Å²) in [6.07, 6.45) is 1.96. The van der Waals surface area contributed by atoms with Gasteiger partial charge in [-0.1, -0.05) is 20.8 Å². The number of anilines is 1. The first-order valence-corrected chi connectivity index (χ1v) is 7.18. The summed E-state index contributed by atoms with van der Waals surface area (Å²) in [7, 11) is 1.73. The molecule has 0 aliphatic heterocycles. The summed E-state index contributed by atoms with van der Waals surface area (Å²) in [4.78, 5) is 8.77. The number of ether oxygens (including phenoxy) is 2. The molecule has 0 atom stereocenters. The van der Waals surface area contributed by atoms with E-state index in [0.717, 1.165) is 31.7 Å². The molecule has 1 N–H and O–H groups in total. The average molecular weight is 281 g/mol. The van der Waals surface area contributed by atoms with Gasteiger partial charge in [0.2, 0.25) is 11.8 Å². The molecular weight excluding hydrogens is 254 g/mol. The van der Waals surface area contributed by atoms with Gasteiger partial charge in [-0.05, 0) is 25.2 Å². The van der Waals surface area contributed by atoms with Gasteiger partial charge in [0.1, 0.15) is 0 Å². The van der Waals surface area contributed by atoms with E-state index < -0.39 is 0 Å². The van der Waals surface area contributed by atoms with E-state index in [4.69, 9.17) is 9.47 Å². The van der Waals surface area contributed by atoms with Gasteiger partial charge >= 0.3 is 0 Å². The maximum atomic E-state index is 5.56. The van der Waals surface area contributed by atoms with Crippen molar-refractivity contribution in [3.8, 4) is 5.88 Å². The minimum absolute atomic E-state index is 0.132. The van der Waals surface area contributed by atoms with Gasteiger partial charge in [0.15, 0.2) is 0 Å². The van der Waals surface area contributed by atoms with E-state index in [-0.39, 0.29) is 5.41 Å². The normalized spacial score (nSPS) is 11.4. The smallest absolute Gasteiger partial charge is 0.226 e. The molecule has 0 aliphatic rings. The van der Waals surface area contributed by atoms with Gasteiger partial charge in [0.25, 0.3) is 0 Å². The first kappa shape index (κ1) is 16.7. The second-order valence-corrected chi connectivity index (χ2v) is 5.78. The Kier molecular flexibility index (Phi) is 6.71. The third kappa shape index (κ3) is 6.19. The van der Waals surface area contributed by atoms with Crippen LogP contribution < -0.4 is 10.1 Å². The van der Waals surface area contributed by atoms with E-state index in [0.29, 0.717) is 18.4 Å². The van der Waals surface area contributed by atoms with Crippen LogP contribution in [-0.4, -0.2) is 36.8 Å².